The molecule has 1 nitrogen and oxygen atoms in total. The maximum absolute atomic E-state index is 6.50. The Bertz CT molecular complexity index is 1950. The zero-order chi connectivity index (χ0) is 26.8. The zero-order valence-corrected chi connectivity index (χ0v) is 22.8. The first kappa shape index (κ1) is 23.3. The van der Waals surface area contributed by atoms with Crippen molar-refractivity contribution >= 4 is 21.9 Å². The van der Waals surface area contributed by atoms with Crippen molar-refractivity contribution in [3.8, 4) is 11.1 Å². The van der Waals surface area contributed by atoms with Crippen LogP contribution in [0.2, 0.25) is 0 Å². The van der Waals surface area contributed by atoms with E-state index in [0.717, 1.165) is 17.6 Å². The lowest BCUT2D eigenvalue weighted by Gasteiger charge is -2.36. The number of benzene rings is 5. The Kier molecular flexibility index (Phi) is 5.06. The van der Waals surface area contributed by atoms with Crippen LogP contribution in [0, 0.1) is 13.8 Å². The van der Waals surface area contributed by atoms with Crippen LogP contribution < -0.4 is 0 Å². The highest BCUT2D eigenvalue weighted by atomic mass is 16.3. The SMILES string of the molecule is Cc1ccc2oc3c(C4C=CC(C5(c6ccccc6)c6ccccc6-c6ccccc65)=CC4)cc(C)cc3c2c1. The molecule has 0 fully saturated rings. The van der Waals surface area contributed by atoms with Crippen LogP contribution in [0.5, 0.6) is 0 Å². The standard InChI is InChI=1S/C39H30O/c1-25-16-21-37-33(22-25)34-24-26(2)23-32(38(34)40-37)27-17-19-29(20-18-27)39(28-10-4-3-5-11-28)35-14-8-6-12-30(35)31-13-7-9-15-36(31)39/h3-17,19-24,27H,18H2,1-2H3. The molecule has 6 aromatic rings. The molecule has 0 bridgehead atoms. The molecule has 0 amide bonds. The lowest BCUT2D eigenvalue weighted by molar-refractivity contribution is 0.655. The third-order valence-electron chi connectivity index (χ3n) is 8.99. The molecule has 40 heavy (non-hydrogen) atoms. The Morgan fingerprint density at radius 2 is 1.35 bits per heavy atom. The summed E-state index contributed by atoms with van der Waals surface area (Å²) in [5, 5.41) is 2.43. The molecule has 0 N–H and O–H groups in total. The molecule has 1 aromatic heterocycles. The third-order valence-corrected chi connectivity index (χ3v) is 8.99. The summed E-state index contributed by atoms with van der Waals surface area (Å²) in [6.45, 7) is 4.34. The molecule has 0 saturated heterocycles. The number of furan rings is 1. The quantitative estimate of drug-likeness (QED) is 0.229. The molecule has 8 rings (SSSR count). The predicted molar refractivity (Wildman–Crippen MR) is 166 cm³/mol. The molecule has 2 aliphatic carbocycles. The van der Waals surface area contributed by atoms with E-state index in [1.807, 2.05) is 0 Å². The fourth-order valence-electron chi connectivity index (χ4n) is 7.28. The van der Waals surface area contributed by atoms with Crippen LogP contribution in [-0.2, 0) is 5.41 Å². The first-order valence-corrected chi connectivity index (χ1v) is 14.2. The number of hydrogen-bond acceptors (Lipinski definition) is 1. The fourth-order valence-corrected chi connectivity index (χ4v) is 7.28. The number of allylic oxidation sites excluding steroid dienone is 4. The molecular formula is C39H30O. The molecule has 192 valence electrons. The van der Waals surface area contributed by atoms with E-state index in [0.29, 0.717) is 0 Å². The minimum Gasteiger partial charge on any atom is -0.456 e. The molecule has 5 aromatic carbocycles. The predicted octanol–water partition coefficient (Wildman–Crippen LogP) is 10.2. The fraction of sp³-hybridized carbons (Fsp3) is 0.128. The molecule has 1 heteroatoms. The summed E-state index contributed by atoms with van der Waals surface area (Å²) in [5.41, 5.74) is 13.5. The molecule has 0 aliphatic heterocycles. The van der Waals surface area contributed by atoms with E-state index in [1.165, 1.54) is 60.9 Å². The van der Waals surface area contributed by atoms with Gasteiger partial charge in [-0.25, -0.2) is 0 Å². The van der Waals surface area contributed by atoms with Crippen LogP contribution in [-0.4, -0.2) is 0 Å². The molecule has 0 saturated carbocycles. The minimum absolute atomic E-state index is 0.257. The van der Waals surface area contributed by atoms with Gasteiger partial charge in [-0.15, -0.1) is 0 Å². The van der Waals surface area contributed by atoms with Crippen molar-refractivity contribution in [3.63, 3.8) is 0 Å². The highest BCUT2D eigenvalue weighted by molar-refractivity contribution is 6.06. The first-order chi connectivity index (χ1) is 19.6. The summed E-state index contributed by atoms with van der Waals surface area (Å²) < 4.78 is 6.50. The van der Waals surface area contributed by atoms with Crippen LogP contribution in [0.4, 0.5) is 0 Å². The van der Waals surface area contributed by atoms with Gasteiger partial charge in [0.15, 0.2) is 0 Å². The minimum atomic E-state index is -0.339. The maximum atomic E-state index is 6.50. The lowest BCUT2D eigenvalue weighted by Crippen LogP contribution is -2.29. The monoisotopic (exact) mass is 514 g/mol. The Labute approximate surface area is 235 Å². The molecule has 2 aliphatic rings. The smallest absolute Gasteiger partial charge is 0.139 e. The number of hydrogen-bond donors (Lipinski definition) is 0. The van der Waals surface area contributed by atoms with Gasteiger partial charge in [0.1, 0.15) is 11.2 Å². The third kappa shape index (κ3) is 3.21. The van der Waals surface area contributed by atoms with E-state index in [9.17, 15) is 0 Å². The van der Waals surface area contributed by atoms with E-state index < -0.39 is 0 Å². The molecule has 0 spiro atoms. The number of aryl methyl sites for hydroxylation is 2. The lowest BCUT2D eigenvalue weighted by atomic mass is 9.65. The van der Waals surface area contributed by atoms with Crippen molar-refractivity contribution in [1.29, 1.82) is 0 Å². The van der Waals surface area contributed by atoms with Gasteiger partial charge in [-0.1, -0.05) is 115 Å². The van der Waals surface area contributed by atoms with Gasteiger partial charge in [-0.2, -0.15) is 0 Å². The van der Waals surface area contributed by atoms with Crippen molar-refractivity contribution in [1.82, 2.24) is 0 Å². The normalized spacial score (nSPS) is 17.1. The van der Waals surface area contributed by atoms with Crippen molar-refractivity contribution in [2.75, 3.05) is 0 Å². The average Bonchev–Trinajstić information content (AvgIpc) is 3.51. The highest BCUT2D eigenvalue weighted by Crippen LogP contribution is 2.57. The Morgan fingerprint density at radius 1 is 0.675 bits per heavy atom. The van der Waals surface area contributed by atoms with Crippen LogP contribution in [0.3, 0.4) is 0 Å². The van der Waals surface area contributed by atoms with E-state index in [4.69, 9.17) is 4.42 Å². The molecule has 0 radical (unpaired) electrons. The topological polar surface area (TPSA) is 13.1 Å². The van der Waals surface area contributed by atoms with Crippen molar-refractivity contribution in [3.05, 3.63) is 166 Å². The molecule has 1 unspecified atom stereocenters. The van der Waals surface area contributed by atoms with E-state index in [-0.39, 0.29) is 11.3 Å². The van der Waals surface area contributed by atoms with E-state index >= 15 is 0 Å². The Morgan fingerprint density at radius 3 is 2.05 bits per heavy atom. The number of rotatable bonds is 3. The zero-order valence-electron chi connectivity index (χ0n) is 22.8. The van der Waals surface area contributed by atoms with Gasteiger partial charge in [-0.3, -0.25) is 0 Å². The summed E-state index contributed by atoms with van der Waals surface area (Å²) in [4.78, 5) is 0. The summed E-state index contributed by atoms with van der Waals surface area (Å²) in [6, 6.07) is 40.0. The highest BCUT2D eigenvalue weighted by Gasteiger charge is 2.46. The van der Waals surface area contributed by atoms with Gasteiger partial charge in [0, 0.05) is 22.3 Å². The van der Waals surface area contributed by atoms with Crippen molar-refractivity contribution in [2.45, 2.75) is 31.6 Å². The Balaban J connectivity index is 1.30. The van der Waals surface area contributed by atoms with Crippen LogP contribution in [0.25, 0.3) is 33.1 Å². The summed E-state index contributed by atoms with van der Waals surface area (Å²) in [7, 11) is 0. The molecular weight excluding hydrogens is 484 g/mol. The largest absolute Gasteiger partial charge is 0.456 e. The van der Waals surface area contributed by atoms with Gasteiger partial charge >= 0.3 is 0 Å². The van der Waals surface area contributed by atoms with Crippen LogP contribution in [0.1, 0.15) is 45.7 Å². The van der Waals surface area contributed by atoms with Gasteiger partial charge in [0.05, 0.1) is 5.41 Å². The van der Waals surface area contributed by atoms with Gasteiger partial charge in [-0.05, 0) is 77.4 Å². The van der Waals surface area contributed by atoms with Crippen LogP contribution in [0.15, 0.2) is 137 Å². The van der Waals surface area contributed by atoms with Gasteiger partial charge in [0.25, 0.3) is 0 Å². The second-order valence-electron chi connectivity index (χ2n) is 11.4. The summed E-state index contributed by atoms with van der Waals surface area (Å²) in [6.07, 6.45) is 8.22. The van der Waals surface area contributed by atoms with E-state index in [2.05, 4.69) is 141 Å². The van der Waals surface area contributed by atoms with Crippen molar-refractivity contribution < 1.29 is 4.42 Å². The Hall–Kier alpha value is -4.62. The summed E-state index contributed by atoms with van der Waals surface area (Å²) in [5.74, 6) is 0.257. The molecule has 1 heterocycles. The molecule has 1 atom stereocenters. The van der Waals surface area contributed by atoms with E-state index in [1.54, 1.807) is 0 Å². The maximum Gasteiger partial charge on any atom is 0.139 e. The summed E-state index contributed by atoms with van der Waals surface area (Å²) >= 11 is 0. The second kappa shape index (κ2) is 8.69. The average molecular weight is 515 g/mol. The van der Waals surface area contributed by atoms with Gasteiger partial charge in [0.2, 0.25) is 0 Å². The first-order valence-electron chi connectivity index (χ1n) is 14.2. The second-order valence-corrected chi connectivity index (χ2v) is 11.4. The van der Waals surface area contributed by atoms with Crippen LogP contribution >= 0.6 is 0 Å². The van der Waals surface area contributed by atoms with Gasteiger partial charge < -0.3 is 4.42 Å². The van der Waals surface area contributed by atoms with Crippen molar-refractivity contribution in [2.24, 2.45) is 0 Å². The number of fused-ring (bicyclic) bond motifs is 6.